The maximum absolute atomic E-state index is 13.1. The van der Waals surface area contributed by atoms with Gasteiger partial charge in [-0.3, -0.25) is 14.4 Å². The SMILES string of the molecule is CN1C(=O)CCc2cc(NC(=O)c3ccc(=O)n(-c4ccc(F)cc4)n3)ccc21. The zero-order valence-electron chi connectivity index (χ0n) is 15.6. The van der Waals surface area contributed by atoms with Crippen LogP contribution in [0, 0.1) is 5.82 Å². The van der Waals surface area contributed by atoms with Crippen LogP contribution in [0.5, 0.6) is 0 Å². The number of aromatic nitrogens is 2. The van der Waals surface area contributed by atoms with Gasteiger partial charge in [0.1, 0.15) is 11.5 Å². The molecule has 1 aliphatic rings. The van der Waals surface area contributed by atoms with Crippen LogP contribution in [0.4, 0.5) is 15.8 Å². The number of aryl methyl sites for hydroxylation is 1. The molecule has 0 unspecified atom stereocenters. The summed E-state index contributed by atoms with van der Waals surface area (Å²) in [5, 5.41) is 6.86. The second-order valence-electron chi connectivity index (χ2n) is 6.70. The van der Waals surface area contributed by atoms with Gasteiger partial charge in [-0.25, -0.2) is 4.39 Å². The molecule has 7 nitrogen and oxygen atoms in total. The van der Waals surface area contributed by atoms with Crippen molar-refractivity contribution >= 4 is 23.2 Å². The lowest BCUT2D eigenvalue weighted by Crippen LogP contribution is -2.31. The first-order chi connectivity index (χ1) is 13.9. The van der Waals surface area contributed by atoms with Crippen molar-refractivity contribution in [2.45, 2.75) is 12.8 Å². The predicted octanol–water partition coefficient (Wildman–Crippen LogP) is 2.53. The molecule has 8 heteroatoms. The van der Waals surface area contributed by atoms with Crippen LogP contribution in [0.1, 0.15) is 22.5 Å². The van der Waals surface area contributed by atoms with Crippen LogP contribution < -0.4 is 15.8 Å². The van der Waals surface area contributed by atoms with E-state index in [2.05, 4.69) is 10.4 Å². The van der Waals surface area contributed by atoms with Gasteiger partial charge in [0, 0.05) is 30.9 Å². The summed E-state index contributed by atoms with van der Waals surface area (Å²) in [4.78, 5) is 38.1. The molecule has 1 aromatic heterocycles. The molecule has 0 saturated carbocycles. The van der Waals surface area contributed by atoms with Crippen LogP contribution in [0.15, 0.2) is 59.4 Å². The molecule has 29 heavy (non-hydrogen) atoms. The van der Waals surface area contributed by atoms with E-state index in [9.17, 15) is 18.8 Å². The lowest BCUT2D eigenvalue weighted by molar-refractivity contribution is -0.118. The first-order valence-corrected chi connectivity index (χ1v) is 8.99. The number of carbonyl (C=O) groups excluding carboxylic acids is 2. The molecule has 0 fully saturated rings. The minimum absolute atomic E-state index is 0.0407. The van der Waals surface area contributed by atoms with Crippen molar-refractivity contribution in [3.8, 4) is 5.69 Å². The number of fused-ring (bicyclic) bond motifs is 1. The van der Waals surface area contributed by atoms with Crippen LogP contribution in [0.2, 0.25) is 0 Å². The van der Waals surface area contributed by atoms with Gasteiger partial charge in [0.25, 0.3) is 11.5 Å². The monoisotopic (exact) mass is 392 g/mol. The number of nitrogens with one attached hydrogen (secondary N) is 1. The number of rotatable bonds is 3. The van der Waals surface area contributed by atoms with E-state index in [1.165, 1.54) is 36.4 Å². The normalized spacial score (nSPS) is 13.2. The van der Waals surface area contributed by atoms with Gasteiger partial charge in [0.2, 0.25) is 5.91 Å². The van der Waals surface area contributed by atoms with Crippen molar-refractivity contribution in [1.82, 2.24) is 9.78 Å². The van der Waals surface area contributed by atoms with Crippen LogP contribution >= 0.6 is 0 Å². The fourth-order valence-electron chi connectivity index (χ4n) is 3.23. The Morgan fingerprint density at radius 2 is 1.79 bits per heavy atom. The van der Waals surface area contributed by atoms with Gasteiger partial charge in [-0.2, -0.15) is 9.78 Å². The highest BCUT2D eigenvalue weighted by Crippen LogP contribution is 2.29. The van der Waals surface area contributed by atoms with Gasteiger partial charge >= 0.3 is 0 Å². The van der Waals surface area contributed by atoms with Gasteiger partial charge in [0.05, 0.1) is 5.69 Å². The summed E-state index contributed by atoms with van der Waals surface area (Å²) < 4.78 is 14.2. The first-order valence-electron chi connectivity index (χ1n) is 8.99. The van der Waals surface area contributed by atoms with Crippen molar-refractivity contribution in [3.63, 3.8) is 0 Å². The minimum atomic E-state index is -0.485. The van der Waals surface area contributed by atoms with Gasteiger partial charge in [-0.1, -0.05) is 0 Å². The van der Waals surface area contributed by atoms with Crippen molar-refractivity contribution in [2.24, 2.45) is 0 Å². The van der Waals surface area contributed by atoms with E-state index in [0.717, 1.165) is 15.9 Å². The highest BCUT2D eigenvalue weighted by molar-refractivity contribution is 6.03. The smallest absolute Gasteiger partial charge is 0.276 e. The van der Waals surface area contributed by atoms with E-state index in [1.807, 2.05) is 6.07 Å². The standard InChI is InChI=1S/C21H17FN4O3/c1-25-18-9-5-15(12-13(18)2-10-19(25)27)23-21(29)17-8-11-20(28)26(24-17)16-6-3-14(22)4-7-16/h3-9,11-12H,2,10H2,1H3,(H,23,29). The number of hydrogen-bond donors (Lipinski definition) is 1. The number of amides is 2. The molecule has 2 aromatic carbocycles. The second-order valence-corrected chi connectivity index (χ2v) is 6.70. The van der Waals surface area contributed by atoms with E-state index in [1.54, 1.807) is 24.1 Å². The summed E-state index contributed by atoms with van der Waals surface area (Å²) >= 11 is 0. The van der Waals surface area contributed by atoms with Crippen molar-refractivity contribution in [1.29, 1.82) is 0 Å². The van der Waals surface area contributed by atoms with E-state index in [0.29, 0.717) is 24.2 Å². The lowest BCUT2D eigenvalue weighted by atomic mass is 10.0. The average Bonchev–Trinajstić information content (AvgIpc) is 2.72. The summed E-state index contributed by atoms with van der Waals surface area (Å²) in [6.07, 6.45) is 1.03. The Balaban J connectivity index is 1.59. The number of benzene rings is 2. The topological polar surface area (TPSA) is 84.3 Å². The zero-order chi connectivity index (χ0) is 20.5. The Morgan fingerprint density at radius 3 is 2.55 bits per heavy atom. The molecular formula is C21H17FN4O3. The summed E-state index contributed by atoms with van der Waals surface area (Å²) in [6.45, 7) is 0. The molecule has 0 bridgehead atoms. The van der Waals surface area contributed by atoms with Crippen LogP contribution in [-0.4, -0.2) is 28.6 Å². The van der Waals surface area contributed by atoms with E-state index in [4.69, 9.17) is 0 Å². The number of carbonyl (C=O) groups is 2. The maximum atomic E-state index is 13.1. The Hall–Kier alpha value is -3.81. The molecule has 1 aliphatic heterocycles. The van der Waals surface area contributed by atoms with Crippen molar-refractivity contribution in [2.75, 3.05) is 17.3 Å². The van der Waals surface area contributed by atoms with Gasteiger partial charge in [0.15, 0.2) is 0 Å². The molecule has 3 aromatic rings. The zero-order valence-corrected chi connectivity index (χ0v) is 15.6. The Bertz CT molecular complexity index is 1170. The Labute approximate surface area is 165 Å². The predicted molar refractivity (Wildman–Crippen MR) is 106 cm³/mol. The third-order valence-corrected chi connectivity index (χ3v) is 4.79. The third-order valence-electron chi connectivity index (χ3n) is 4.79. The number of hydrogen-bond acceptors (Lipinski definition) is 4. The molecule has 0 radical (unpaired) electrons. The van der Waals surface area contributed by atoms with Crippen molar-refractivity contribution < 1.29 is 14.0 Å². The summed E-state index contributed by atoms with van der Waals surface area (Å²) in [5.41, 5.74) is 2.32. The second kappa shape index (κ2) is 7.31. The Kier molecular flexibility index (Phi) is 4.67. The number of halogens is 1. The summed E-state index contributed by atoms with van der Waals surface area (Å²) in [6, 6.07) is 13.1. The third kappa shape index (κ3) is 3.64. The quantitative estimate of drug-likeness (QED) is 0.742. The van der Waals surface area contributed by atoms with Gasteiger partial charge in [-0.05, 0) is 60.5 Å². The molecule has 2 heterocycles. The van der Waals surface area contributed by atoms with Crippen LogP contribution in [-0.2, 0) is 11.2 Å². The number of nitrogens with zero attached hydrogens (tertiary/aromatic N) is 3. The molecule has 4 rings (SSSR count). The molecule has 0 atom stereocenters. The molecule has 2 amide bonds. The van der Waals surface area contributed by atoms with Gasteiger partial charge in [-0.15, -0.1) is 0 Å². The molecule has 0 aliphatic carbocycles. The molecule has 0 spiro atoms. The highest BCUT2D eigenvalue weighted by atomic mass is 19.1. The van der Waals surface area contributed by atoms with E-state index >= 15 is 0 Å². The van der Waals surface area contributed by atoms with Crippen LogP contribution in [0.3, 0.4) is 0 Å². The van der Waals surface area contributed by atoms with Crippen LogP contribution in [0.25, 0.3) is 5.69 Å². The van der Waals surface area contributed by atoms with Crippen molar-refractivity contribution in [3.05, 3.63) is 82.0 Å². The first kappa shape index (κ1) is 18.5. The fourth-order valence-corrected chi connectivity index (χ4v) is 3.23. The molecule has 0 saturated heterocycles. The number of anilines is 2. The average molecular weight is 392 g/mol. The molecule has 146 valence electrons. The van der Waals surface area contributed by atoms with Gasteiger partial charge < -0.3 is 10.2 Å². The summed E-state index contributed by atoms with van der Waals surface area (Å²) in [7, 11) is 1.72. The maximum Gasteiger partial charge on any atom is 0.276 e. The Morgan fingerprint density at radius 1 is 1.03 bits per heavy atom. The lowest BCUT2D eigenvalue weighted by Gasteiger charge is -2.26. The minimum Gasteiger partial charge on any atom is -0.321 e. The highest BCUT2D eigenvalue weighted by Gasteiger charge is 2.21. The van der Waals surface area contributed by atoms with E-state index in [-0.39, 0.29) is 11.6 Å². The molecular weight excluding hydrogens is 375 g/mol. The van der Waals surface area contributed by atoms with E-state index < -0.39 is 17.3 Å². The largest absolute Gasteiger partial charge is 0.321 e. The summed E-state index contributed by atoms with van der Waals surface area (Å²) in [5.74, 6) is -0.863. The molecule has 1 N–H and O–H groups in total. The fraction of sp³-hybridized carbons (Fsp3) is 0.143.